The molecule has 0 heterocycles. The fourth-order valence-corrected chi connectivity index (χ4v) is 1.81. The summed E-state index contributed by atoms with van der Waals surface area (Å²) in [5.74, 6) is 0. The Morgan fingerprint density at radius 2 is 2.00 bits per heavy atom. The van der Waals surface area contributed by atoms with E-state index in [1.54, 1.807) is 12.1 Å². The molecule has 0 amide bonds. The van der Waals surface area contributed by atoms with Crippen molar-refractivity contribution in [1.29, 1.82) is 0 Å². The first-order valence-electron chi connectivity index (χ1n) is 4.36. The van der Waals surface area contributed by atoms with Crippen LogP contribution in [0.4, 0.5) is 13.2 Å². The molecule has 1 aromatic rings. The minimum absolute atomic E-state index is 0.0592. The van der Waals surface area contributed by atoms with Crippen molar-refractivity contribution in [2.24, 2.45) is 0 Å². The highest BCUT2D eigenvalue weighted by Gasteiger charge is 2.29. The van der Waals surface area contributed by atoms with E-state index in [2.05, 4.69) is 0 Å². The van der Waals surface area contributed by atoms with Crippen LogP contribution in [0, 0.1) is 0 Å². The summed E-state index contributed by atoms with van der Waals surface area (Å²) in [6.45, 7) is 2.00. The third-order valence-corrected chi connectivity index (χ3v) is 2.39. The van der Waals surface area contributed by atoms with Crippen LogP contribution in [0.5, 0.6) is 0 Å². The Hall–Kier alpha value is -0.640. The summed E-state index contributed by atoms with van der Waals surface area (Å²) in [5, 5.41) is 0. The van der Waals surface area contributed by atoms with E-state index in [-0.39, 0.29) is 16.7 Å². The lowest BCUT2D eigenvalue weighted by atomic mass is 10.1. The summed E-state index contributed by atoms with van der Waals surface area (Å²) in [5.41, 5.74) is -3.23. The molecular weight excluding hydrogens is 209 g/mol. The first kappa shape index (κ1) is 11.4. The first-order chi connectivity index (χ1) is 6.51. The predicted molar refractivity (Wildman–Crippen MR) is 52.3 cm³/mol. The normalized spacial score (nSPS) is 11.7. The number of halogens is 3. The molecule has 0 aromatic heterocycles. The van der Waals surface area contributed by atoms with Crippen LogP contribution in [0.15, 0.2) is 29.2 Å². The van der Waals surface area contributed by atoms with E-state index in [4.69, 9.17) is 0 Å². The van der Waals surface area contributed by atoms with Gasteiger partial charge in [-0.3, -0.25) is 0 Å². The van der Waals surface area contributed by atoms with Crippen LogP contribution in [0.1, 0.15) is 18.9 Å². The molecule has 0 radical (unpaired) electrons. The molecule has 0 saturated carbocycles. The fourth-order valence-electron chi connectivity index (χ4n) is 1.19. The highest BCUT2D eigenvalue weighted by molar-refractivity contribution is 8.00. The van der Waals surface area contributed by atoms with Gasteiger partial charge in [-0.2, -0.15) is 13.2 Å². The van der Waals surface area contributed by atoms with Gasteiger partial charge in [0.1, 0.15) is 0 Å². The van der Waals surface area contributed by atoms with Crippen molar-refractivity contribution < 1.29 is 13.2 Å². The molecule has 0 atom stereocenters. The highest BCUT2D eigenvalue weighted by Crippen LogP contribution is 2.36. The summed E-state index contributed by atoms with van der Waals surface area (Å²) in [6.07, 6.45) is 1.77. The monoisotopic (exact) mass is 220 g/mol. The fraction of sp³-hybridized carbons (Fsp3) is 0.400. The summed E-state index contributed by atoms with van der Waals surface area (Å²) < 4.78 is 36.1. The van der Waals surface area contributed by atoms with Crippen LogP contribution in [0.2, 0.25) is 0 Å². The maximum atomic E-state index is 12.0. The second kappa shape index (κ2) is 4.73. The van der Waals surface area contributed by atoms with E-state index in [9.17, 15) is 13.2 Å². The Morgan fingerprint density at radius 3 is 2.57 bits per heavy atom. The van der Waals surface area contributed by atoms with Gasteiger partial charge in [-0.05, 0) is 35.9 Å². The lowest BCUT2D eigenvalue weighted by Crippen LogP contribution is -1.99. The minimum Gasteiger partial charge on any atom is -0.160 e. The second-order valence-corrected chi connectivity index (χ2v) is 4.08. The molecule has 14 heavy (non-hydrogen) atoms. The van der Waals surface area contributed by atoms with E-state index in [0.29, 0.717) is 0 Å². The lowest BCUT2D eigenvalue weighted by molar-refractivity contribution is -0.0328. The average Bonchev–Trinajstić information content (AvgIpc) is 2.02. The molecule has 1 aromatic carbocycles. The van der Waals surface area contributed by atoms with Gasteiger partial charge in [-0.25, -0.2) is 0 Å². The topological polar surface area (TPSA) is 0 Å². The number of thioether (sulfide) groups is 1. The van der Waals surface area contributed by atoms with E-state index < -0.39 is 5.51 Å². The van der Waals surface area contributed by atoms with Gasteiger partial charge < -0.3 is 0 Å². The SMILES string of the molecule is CCCc1cccc(SC(F)(F)F)c1. The Kier molecular flexibility index (Phi) is 3.86. The van der Waals surface area contributed by atoms with Crippen LogP contribution in [0.25, 0.3) is 0 Å². The number of alkyl halides is 3. The quantitative estimate of drug-likeness (QED) is 0.686. The van der Waals surface area contributed by atoms with E-state index in [0.717, 1.165) is 18.4 Å². The van der Waals surface area contributed by atoms with Crippen LogP contribution in [-0.4, -0.2) is 5.51 Å². The van der Waals surface area contributed by atoms with Gasteiger partial charge in [0.15, 0.2) is 0 Å². The number of benzene rings is 1. The standard InChI is InChI=1S/C10H11F3S/c1-2-4-8-5-3-6-9(7-8)14-10(11,12)13/h3,5-7H,2,4H2,1H3. The largest absolute Gasteiger partial charge is 0.446 e. The molecule has 1 rings (SSSR count). The third-order valence-electron chi connectivity index (χ3n) is 1.67. The first-order valence-corrected chi connectivity index (χ1v) is 5.17. The van der Waals surface area contributed by atoms with Crippen LogP contribution in [-0.2, 0) is 6.42 Å². The van der Waals surface area contributed by atoms with E-state index >= 15 is 0 Å². The number of rotatable bonds is 3. The van der Waals surface area contributed by atoms with Crippen molar-refractivity contribution in [3.63, 3.8) is 0 Å². The van der Waals surface area contributed by atoms with Gasteiger partial charge in [-0.15, -0.1) is 0 Å². The molecule has 0 aliphatic heterocycles. The van der Waals surface area contributed by atoms with Gasteiger partial charge in [0.05, 0.1) is 0 Å². The van der Waals surface area contributed by atoms with Gasteiger partial charge in [0.25, 0.3) is 0 Å². The zero-order valence-corrected chi connectivity index (χ0v) is 8.58. The maximum absolute atomic E-state index is 12.0. The molecule has 0 fully saturated rings. The van der Waals surface area contributed by atoms with Gasteiger partial charge >= 0.3 is 5.51 Å². The zero-order valence-electron chi connectivity index (χ0n) is 7.77. The molecule has 0 spiro atoms. The Balaban J connectivity index is 2.73. The van der Waals surface area contributed by atoms with Crippen molar-refractivity contribution in [3.8, 4) is 0 Å². The van der Waals surface area contributed by atoms with Crippen molar-refractivity contribution in [1.82, 2.24) is 0 Å². The number of hydrogen-bond donors (Lipinski definition) is 0. The molecule has 0 bridgehead atoms. The van der Waals surface area contributed by atoms with Gasteiger partial charge in [-0.1, -0.05) is 25.5 Å². The summed E-state index contributed by atoms with van der Waals surface area (Å²) in [6, 6.07) is 6.60. The lowest BCUT2D eigenvalue weighted by Gasteiger charge is -2.06. The maximum Gasteiger partial charge on any atom is 0.446 e. The average molecular weight is 220 g/mol. The molecule has 0 saturated heterocycles. The second-order valence-electron chi connectivity index (χ2n) is 2.95. The Morgan fingerprint density at radius 1 is 1.29 bits per heavy atom. The van der Waals surface area contributed by atoms with Crippen molar-refractivity contribution in [2.45, 2.75) is 30.2 Å². The Labute approximate surface area is 85.5 Å². The minimum atomic E-state index is -4.19. The van der Waals surface area contributed by atoms with Crippen molar-refractivity contribution in [3.05, 3.63) is 29.8 Å². The zero-order chi connectivity index (χ0) is 10.6. The molecule has 0 aliphatic carbocycles. The van der Waals surface area contributed by atoms with Crippen molar-refractivity contribution >= 4 is 11.8 Å². The van der Waals surface area contributed by atoms with Crippen LogP contribution >= 0.6 is 11.8 Å². The van der Waals surface area contributed by atoms with Crippen LogP contribution < -0.4 is 0 Å². The summed E-state index contributed by atoms with van der Waals surface area (Å²) >= 11 is -0.0592. The third kappa shape index (κ3) is 4.05. The molecule has 0 nitrogen and oxygen atoms in total. The van der Waals surface area contributed by atoms with E-state index in [1.807, 2.05) is 13.0 Å². The predicted octanol–water partition coefficient (Wildman–Crippen LogP) is 4.25. The number of hydrogen-bond acceptors (Lipinski definition) is 1. The molecule has 4 heteroatoms. The van der Waals surface area contributed by atoms with Crippen molar-refractivity contribution in [2.75, 3.05) is 0 Å². The van der Waals surface area contributed by atoms with E-state index in [1.165, 1.54) is 6.07 Å². The molecular formula is C10H11F3S. The van der Waals surface area contributed by atoms with Crippen LogP contribution in [0.3, 0.4) is 0 Å². The smallest absolute Gasteiger partial charge is 0.160 e. The van der Waals surface area contributed by atoms with Gasteiger partial charge in [0.2, 0.25) is 0 Å². The molecule has 0 N–H and O–H groups in total. The summed E-state index contributed by atoms with van der Waals surface area (Å²) in [4.78, 5) is 0.267. The molecule has 0 unspecified atom stereocenters. The highest BCUT2D eigenvalue weighted by atomic mass is 32.2. The molecule has 78 valence electrons. The summed E-state index contributed by atoms with van der Waals surface area (Å²) in [7, 11) is 0. The number of aryl methyl sites for hydroxylation is 1. The van der Waals surface area contributed by atoms with Gasteiger partial charge in [0, 0.05) is 4.90 Å². The Bertz CT molecular complexity index is 294. The molecule has 0 aliphatic rings.